The largest absolute Gasteiger partial charge is 0.618 e. The highest BCUT2D eigenvalue weighted by molar-refractivity contribution is 5.81. The first-order valence-corrected chi connectivity index (χ1v) is 3.26. The number of hydrogen-bond acceptors (Lipinski definition) is 4. The number of nitrogen functional groups attached to an aromatic ring is 1. The van der Waals surface area contributed by atoms with Gasteiger partial charge in [0.15, 0.2) is 11.7 Å². The fraction of sp³-hybridized carbons (Fsp3) is 0. The van der Waals surface area contributed by atoms with Crippen molar-refractivity contribution < 1.29 is 9.94 Å². The topological polar surface area (TPSA) is 91.0 Å². The smallest absolute Gasteiger partial charge is 0.290 e. The number of anilines is 1. The second-order valence-corrected chi connectivity index (χ2v) is 2.34. The van der Waals surface area contributed by atoms with Gasteiger partial charge in [-0.2, -0.15) is 4.73 Å². The molecule has 0 amide bonds. The van der Waals surface area contributed by atoms with Crippen LogP contribution in [0.1, 0.15) is 0 Å². The third-order valence-electron chi connectivity index (χ3n) is 1.60. The van der Waals surface area contributed by atoms with Gasteiger partial charge >= 0.3 is 0 Å². The molecule has 0 fully saturated rings. The minimum Gasteiger partial charge on any atom is -0.618 e. The number of pyridine rings is 1. The third kappa shape index (κ3) is 0.685. The fourth-order valence-corrected chi connectivity index (χ4v) is 1.09. The van der Waals surface area contributed by atoms with E-state index in [9.17, 15) is 5.21 Å². The van der Waals surface area contributed by atoms with Crippen LogP contribution in [0.25, 0.3) is 11.0 Å². The number of nitrogens with two attached hydrogens (primary N) is 1. The Morgan fingerprint density at radius 2 is 2.42 bits per heavy atom. The van der Waals surface area contributed by atoms with Crippen LogP contribution >= 0.6 is 0 Å². The molecule has 0 unspecified atom stereocenters. The van der Waals surface area contributed by atoms with Crippen LogP contribution in [0.15, 0.2) is 18.3 Å². The van der Waals surface area contributed by atoms with E-state index in [0.717, 1.165) is 0 Å². The Bertz CT molecular complexity index is 436. The van der Waals surface area contributed by atoms with E-state index < -0.39 is 0 Å². The Morgan fingerprint density at radius 3 is 3.08 bits per heavy atom. The van der Waals surface area contributed by atoms with Crippen molar-refractivity contribution in [2.45, 2.75) is 0 Å². The molecule has 6 nitrogen and oxygen atoms in total. The predicted octanol–water partition coefficient (Wildman–Crippen LogP) is -0.511. The number of rotatable bonds is 0. The summed E-state index contributed by atoms with van der Waals surface area (Å²) in [7, 11) is 0. The highest BCUT2D eigenvalue weighted by Crippen LogP contribution is 2.13. The second-order valence-electron chi connectivity index (χ2n) is 2.34. The molecular weight excluding hydrogens is 160 g/mol. The van der Waals surface area contributed by atoms with Crippen LogP contribution in [0.5, 0.6) is 0 Å². The normalized spacial score (nSPS) is 10.7. The van der Waals surface area contributed by atoms with E-state index in [4.69, 9.17) is 10.9 Å². The summed E-state index contributed by atoms with van der Waals surface area (Å²) in [6, 6.07) is 3.05. The maximum atomic E-state index is 11.1. The van der Waals surface area contributed by atoms with Crippen molar-refractivity contribution in [2.24, 2.45) is 0 Å². The number of nitrogens with zero attached hydrogens (tertiary/aromatic N) is 3. The van der Waals surface area contributed by atoms with Crippen LogP contribution in [-0.2, 0) is 0 Å². The van der Waals surface area contributed by atoms with E-state index in [2.05, 4.69) is 5.10 Å². The molecule has 2 heterocycles. The zero-order chi connectivity index (χ0) is 8.72. The molecule has 6 heteroatoms. The summed E-state index contributed by atoms with van der Waals surface area (Å²) < 4.78 is 0.560. The standard InChI is InChI=1S/C6H6N4O2/c7-6-5-4(10(12)8-6)2-1-3-9(5)11/h1-3,12H,(H2,7,8). The van der Waals surface area contributed by atoms with Gasteiger partial charge in [-0.05, 0) is 6.07 Å². The molecule has 0 aliphatic heterocycles. The molecule has 0 radical (unpaired) electrons. The van der Waals surface area contributed by atoms with Crippen LogP contribution in [0.3, 0.4) is 0 Å². The van der Waals surface area contributed by atoms with Gasteiger partial charge in [-0.3, -0.25) is 0 Å². The lowest BCUT2D eigenvalue weighted by Gasteiger charge is -1.95. The molecule has 0 saturated carbocycles. The molecule has 0 aliphatic carbocycles. The summed E-state index contributed by atoms with van der Waals surface area (Å²) >= 11 is 0. The van der Waals surface area contributed by atoms with Crippen molar-refractivity contribution in [3.05, 3.63) is 23.5 Å². The van der Waals surface area contributed by atoms with E-state index in [-0.39, 0.29) is 11.3 Å². The lowest BCUT2D eigenvalue weighted by molar-refractivity contribution is -0.576. The summed E-state index contributed by atoms with van der Waals surface area (Å²) in [6.45, 7) is 0. The minimum absolute atomic E-state index is 0.0168. The van der Waals surface area contributed by atoms with Gasteiger partial charge in [0.2, 0.25) is 5.82 Å². The highest BCUT2D eigenvalue weighted by atomic mass is 16.5. The number of hydrogen-bond donors (Lipinski definition) is 2. The van der Waals surface area contributed by atoms with E-state index in [0.29, 0.717) is 15.1 Å². The second kappa shape index (κ2) is 2.00. The fourth-order valence-electron chi connectivity index (χ4n) is 1.09. The Labute approximate surface area is 67.0 Å². The van der Waals surface area contributed by atoms with E-state index in [1.54, 1.807) is 6.07 Å². The zero-order valence-corrected chi connectivity index (χ0v) is 6.01. The Morgan fingerprint density at radius 1 is 1.67 bits per heavy atom. The molecule has 0 aromatic carbocycles. The molecule has 0 bridgehead atoms. The summed E-state index contributed by atoms with van der Waals surface area (Å²) in [5.74, 6) is 0.0168. The molecule has 0 aliphatic rings. The van der Waals surface area contributed by atoms with Crippen LogP contribution in [0.2, 0.25) is 0 Å². The number of aromatic nitrogens is 3. The lowest BCUT2D eigenvalue weighted by Crippen LogP contribution is -2.26. The van der Waals surface area contributed by atoms with E-state index >= 15 is 0 Å². The Kier molecular flexibility index (Phi) is 1.12. The van der Waals surface area contributed by atoms with E-state index in [1.165, 1.54) is 12.3 Å². The molecule has 0 atom stereocenters. The maximum absolute atomic E-state index is 11.1. The molecule has 0 spiro atoms. The van der Waals surface area contributed by atoms with Gasteiger partial charge < -0.3 is 16.1 Å². The van der Waals surface area contributed by atoms with Crippen LogP contribution < -0.4 is 10.5 Å². The first-order valence-electron chi connectivity index (χ1n) is 3.26. The zero-order valence-electron chi connectivity index (χ0n) is 6.01. The van der Waals surface area contributed by atoms with Gasteiger partial charge in [-0.1, -0.05) is 4.85 Å². The van der Waals surface area contributed by atoms with Gasteiger partial charge in [0.05, 0.1) is 0 Å². The number of fused-ring (bicyclic) bond motifs is 1. The van der Waals surface area contributed by atoms with Gasteiger partial charge in [-0.15, -0.1) is 5.10 Å². The predicted molar refractivity (Wildman–Crippen MR) is 40.3 cm³/mol. The third-order valence-corrected chi connectivity index (χ3v) is 1.60. The van der Waals surface area contributed by atoms with Gasteiger partial charge in [0, 0.05) is 6.07 Å². The van der Waals surface area contributed by atoms with Gasteiger partial charge in [-0.25, -0.2) is 0 Å². The van der Waals surface area contributed by atoms with Gasteiger partial charge in [0.1, 0.15) is 0 Å². The maximum Gasteiger partial charge on any atom is 0.290 e. The molecule has 3 N–H and O–H groups in total. The minimum atomic E-state index is 0.0168. The molecule has 62 valence electrons. The molecular formula is C6H6N4O2. The van der Waals surface area contributed by atoms with Crippen LogP contribution in [0, 0.1) is 5.21 Å². The average Bonchev–Trinajstić information content (AvgIpc) is 2.29. The quantitative estimate of drug-likeness (QED) is 0.313. The van der Waals surface area contributed by atoms with E-state index in [1.807, 2.05) is 0 Å². The lowest BCUT2D eigenvalue weighted by atomic mass is 10.4. The van der Waals surface area contributed by atoms with Crippen molar-refractivity contribution in [3.8, 4) is 0 Å². The SMILES string of the molecule is Nc1nn(O)c2ccc[n+]([O-])c12. The molecule has 12 heavy (non-hydrogen) atoms. The average molecular weight is 166 g/mol. The van der Waals surface area contributed by atoms with Crippen molar-refractivity contribution in [3.63, 3.8) is 0 Å². The summed E-state index contributed by atoms with van der Waals surface area (Å²) in [6.07, 6.45) is 1.29. The molecule has 2 aromatic heterocycles. The van der Waals surface area contributed by atoms with Crippen LogP contribution in [-0.4, -0.2) is 15.2 Å². The first-order chi connectivity index (χ1) is 5.70. The summed E-state index contributed by atoms with van der Waals surface area (Å²) in [5, 5.41) is 23.7. The molecule has 2 rings (SSSR count). The summed E-state index contributed by atoms with van der Waals surface area (Å²) in [4.78, 5) is 0.582. The molecule has 2 aromatic rings. The van der Waals surface area contributed by atoms with Gasteiger partial charge in [0.25, 0.3) is 5.52 Å². The van der Waals surface area contributed by atoms with Crippen molar-refractivity contribution in [2.75, 3.05) is 5.73 Å². The van der Waals surface area contributed by atoms with Crippen molar-refractivity contribution >= 4 is 16.9 Å². The van der Waals surface area contributed by atoms with Crippen molar-refractivity contribution in [1.29, 1.82) is 0 Å². The molecule has 0 saturated heterocycles. The van der Waals surface area contributed by atoms with Crippen molar-refractivity contribution in [1.82, 2.24) is 9.94 Å². The Hall–Kier alpha value is -1.98. The Balaban J connectivity index is 2.99. The first kappa shape index (κ1) is 6.71. The monoisotopic (exact) mass is 166 g/mol. The van der Waals surface area contributed by atoms with Crippen LogP contribution in [0.4, 0.5) is 5.82 Å². The summed E-state index contributed by atoms with van der Waals surface area (Å²) in [5.41, 5.74) is 5.84. The highest BCUT2D eigenvalue weighted by Gasteiger charge is 2.14.